The van der Waals surface area contributed by atoms with Crippen LogP contribution in [0.25, 0.3) is 6.08 Å². The molecule has 0 fully saturated rings. The molecule has 110 valence electrons. The lowest BCUT2D eigenvalue weighted by Crippen LogP contribution is -2.41. The first-order chi connectivity index (χ1) is 9.17. The molecule has 1 aromatic heterocycles. The van der Waals surface area contributed by atoms with Gasteiger partial charge in [0, 0.05) is 15.8 Å². The van der Waals surface area contributed by atoms with E-state index in [2.05, 4.69) is 0 Å². The number of carboxylic acid groups (broad SMARTS) is 1. The Hall–Kier alpha value is -1.83. The van der Waals surface area contributed by atoms with Crippen LogP contribution in [0.3, 0.4) is 0 Å². The highest BCUT2D eigenvalue weighted by atomic mass is 32.1. The van der Waals surface area contributed by atoms with Crippen molar-refractivity contribution in [1.82, 2.24) is 4.90 Å². The van der Waals surface area contributed by atoms with Gasteiger partial charge in [-0.15, -0.1) is 11.3 Å². The van der Waals surface area contributed by atoms with Crippen LogP contribution in [0.1, 0.15) is 9.75 Å². The number of rotatable bonds is 5. The number of halogens is 3. The summed E-state index contributed by atoms with van der Waals surface area (Å²) in [5, 5.41) is 8.53. The number of carbonyl (C=O) groups is 2. The molecule has 0 aromatic carbocycles. The van der Waals surface area contributed by atoms with Gasteiger partial charge in [-0.2, -0.15) is 13.2 Å². The first kappa shape index (κ1) is 16.2. The van der Waals surface area contributed by atoms with Gasteiger partial charge in [0.2, 0.25) is 5.91 Å². The summed E-state index contributed by atoms with van der Waals surface area (Å²) in [7, 11) is 0. The van der Waals surface area contributed by atoms with Gasteiger partial charge in [0.05, 0.1) is 0 Å². The maximum atomic E-state index is 12.3. The van der Waals surface area contributed by atoms with Crippen molar-refractivity contribution in [1.29, 1.82) is 0 Å². The average molecular weight is 307 g/mol. The summed E-state index contributed by atoms with van der Waals surface area (Å²) in [5.74, 6) is -2.49. The van der Waals surface area contributed by atoms with Gasteiger partial charge >= 0.3 is 12.1 Å². The lowest BCUT2D eigenvalue weighted by molar-refractivity contribution is -0.163. The molecule has 8 heteroatoms. The molecule has 4 nitrogen and oxygen atoms in total. The van der Waals surface area contributed by atoms with Crippen LogP contribution in [0.2, 0.25) is 0 Å². The van der Waals surface area contributed by atoms with Gasteiger partial charge < -0.3 is 10.0 Å². The fourth-order valence-electron chi connectivity index (χ4n) is 1.39. The summed E-state index contributed by atoms with van der Waals surface area (Å²) < 4.78 is 36.8. The number of aryl methyl sites for hydroxylation is 1. The van der Waals surface area contributed by atoms with Crippen LogP contribution in [-0.4, -0.2) is 41.1 Å². The number of hydrogen-bond acceptors (Lipinski definition) is 3. The molecule has 1 heterocycles. The third-order valence-electron chi connectivity index (χ3n) is 2.16. The molecule has 0 radical (unpaired) electrons. The first-order valence-electron chi connectivity index (χ1n) is 5.49. The third-order valence-corrected chi connectivity index (χ3v) is 3.13. The number of hydrogen-bond donors (Lipinski definition) is 1. The standard InChI is InChI=1S/C12H12F3NO3S/c1-8-2-3-9(20-8)4-5-10(17)16(6-11(18)19)7-12(13,14)15/h2-5H,6-7H2,1H3,(H,18,19). The van der Waals surface area contributed by atoms with Gasteiger partial charge in [0.15, 0.2) is 0 Å². The average Bonchev–Trinajstić information content (AvgIpc) is 2.68. The van der Waals surface area contributed by atoms with Gasteiger partial charge in [-0.3, -0.25) is 9.59 Å². The van der Waals surface area contributed by atoms with Gasteiger partial charge in [-0.05, 0) is 25.1 Å². The van der Waals surface area contributed by atoms with E-state index in [0.29, 0.717) is 4.88 Å². The number of amides is 1. The Morgan fingerprint density at radius 3 is 2.50 bits per heavy atom. The van der Waals surface area contributed by atoms with Gasteiger partial charge in [0.25, 0.3) is 0 Å². The van der Waals surface area contributed by atoms with Crippen LogP contribution in [0.4, 0.5) is 13.2 Å². The number of carboxylic acids is 1. The third kappa shape index (κ3) is 5.87. The van der Waals surface area contributed by atoms with Gasteiger partial charge in [-0.25, -0.2) is 0 Å². The molecule has 0 aliphatic heterocycles. The second-order valence-electron chi connectivity index (χ2n) is 3.98. The van der Waals surface area contributed by atoms with Crippen LogP contribution in [-0.2, 0) is 9.59 Å². The highest BCUT2D eigenvalue weighted by Gasteiger charge is 2.33. The van der Waals surface area contributed by atoms with Crippen molar-refractivity contribution < 1.29 is 27.9 Å². The van der Waals surface area contributed by atoms with Crippen molar-refractivity contribution >= 4 is 29.3 Å². The predicted octanol–water partition coefficient (Wildman–Crippen LogP) is 2.55. The second kappa shape index (κ2) is 6.56. The maximum Gasteiger partial charge on any atom is 0.406 e. The molecular weight excluding hydrogens is 295 g/mol. The Kier molecular flexibility index (Phi) is 5.32. The minimum atomic E-state index is -4.64. The first-order valence-corrected chi connectivity index (χ1v) is 6.31. The number of nitrogens with zero attached hydrogens (tertiary/aromatic N) is 1. The quantitative estimate of drug-likeness (QED) is 0.851. The van der Waals surface area contributed by atoms with Crippen LogP contribution in [0.15, 0.2) is 18.2 Å². The van der Waals surface area contributed by atoms with E-state index in [1.54, 1.807) is 12.1 Å². The Balaban J connectivity index is 2.77. The number of carbonyl (C=O) groups excluding carboxylic acids is 1. The Labute approximate surface area is 117 Å². The van der Waals surface area contributed by atoms with Crippen LogP contribution in [0.5, 0.6) is 0 Å². The van der Waals surface area contributed by atoms with Crippen molar-refractivity contribution in [3.63, 3.8) is 0 Å². The molecule has 1 N–H and O–H groups in total. The summed E-state index contributed by atoms with van der Waals surface area (Å²) in [5.41, 5.74) is 0. The van der Waals surface area contributed by atoms with Crippen LogP contribution < -0.4 is 0 Å². The molecule has 0 saturated carbocycles. The monoisotopic (exact) mass is 307 g/mol. The molecule has 1 amide bonds. The minimum absolute atomic E-state index is 0.235. The lowest BCUT2D eigenvalue weighted by atomic mass is 10.3. The molecule has 0 aliphatic carbocycles. The zero-order valence-corrected chi connectivity index (χ0v) is 11.3. The molecule has 0 atom stereocenters. The summed E-state index contributed by atoms with van der Waals surface area (Å²) in [4.78, 5) is 24.0. The summed E-state index contributed by atoms with van der Waals surface area (Å²) in [6.07, 6.45) is -2.33. The molecule has 1 rings (SSSR count). The van der Waals surface area contributed by atoms with E-state index in [1.165, 1.54) is 17.4 Å². The molecular formula is C12H12F3NO3S. The zero-order chi connectivity index (χ0) is 15.3. The lowest BCUT2D eigenvalue weighted by Gasteiger charge is -2.20. The van der Waals surface area contributed by atoms with E-state index < -0.39 is 31.1 Å². The minimum Gasteiger partial charge on any atom is -0.480 e. The Morgan fingerprint density at radius 1 is 1.40 bits per heavy atom. The summed E-state index contributed by atoms with van der Waals surface area (Å²) >= 11 is 1.37. The Bertz CT molecular complexity index is 522. The highest BCUT2D eigenvalue weighted by Crippen LogP contribution is 2.18. The summed E-state index contributed by atoms with van der Waals surface area (Å²) in [6, 6.07) is 3.52. The SMILES string of the molecule is Cc1ccc(C=CC(=O)N(CC(=O)O)CC(F)(F)F)s1. The second-order valence-corrected chi connectivity index (χ2v) is 5.30. The van der Waals surface area contributed by atoms with Crippen molar-refractivity contribution in [3.8, 4) is 0 Å². The van der Waals surface area contributed by atoms with E-state index in [4.69, 9.17) is 5.11 Å². The molecule has 0 aliphatic rings. The number of thiophene rings is 1. The molecule has 0 spiro atoms. The molecule has 0 saturated heterocycles. The van der Waals surface area contributed by atoms with Crippen molar-refractivity contribution in [2.45, 2.75) is 13.1 Å². The van der Waals surface area contributed by atoms with Crippen LogP contribution >= 0.6 is 11.3 Å². The number of aliphatic carboxylic acids is 1. The van der Waals surface area contributed by atoms with Crippen molar-refractivity contribution in [2.24, 2.45) is 0 Å². The molecule has 0 unspecified atom stereocenters. The van der Waals surface area contributed by atoms with E-state index in [-0.39, 0.29) is 4.90 Å². The fraction of sp³-hybridized carbons (Fsp3) is 0.333. The van der Waals surface area contributed by atoms with E-state index in [0.717, 1.165) is 11.0 Å². The highest BCUT2D eigenvalue weighted by molar-refractivity contribution is 7.12. The summed E-state index contributed by atoms with van der Waals surface area (Å²) in [6.45, 7) is -0.734. The van der Waals surface area contributed by atoms with Gasteiger partial charge in [-0.1, -0.05) is 0 Å². The topological polar surface area (TPSA) is 57.6 Å². The molecule has 0 bridgehead atoms. The van der Waals surface area contributed by atoms with Crippen molar-refractivity contribution in [2.75, 3.05) is 13.1 Å². The van der Waals surface area contributed by atoms with E-state index in [1.807, 2.05) is 6.92 Å². The van der Waals surface area contributed by atoms with E-state index in [9.17, 15) is 22.8 Å². The predicted molar refractivity (Wildman–Crippen MR) is 68.4 cm³/mol. The van der Waals surface area contributed by atoms with Gasteiger partial charge in [0.1, 0.15) is 13.1 Å². The smallest absolute Gasteiger partial charge is 0.406 e. The Morgan fingerprint density at radius 2 is 2.05 bits per heavy atom. The van der Waals surface area contributed by atoms with E-state index >= 15 is 0 Å². The van der Waals surface area contributed by atoms with Crippen LogP contribution in [0, 0.1) is 6.92 Å². The molecule has 20 heavy (non-hydrogen) atoms. The largest absolute Gasteiger partial charge is 0.480 e. The maximum absolute atomic E-state index is 12.3. The molecule has 1 aromatic rings. The normalized spacial score (nSPS) is 11.8. The van der Waals surface area contributed by atoms with Crippen molar-refractivity contribution in [3.05, 3.63) is 28.0 Å². The number of alkyl halides is 3. The fourth-order valence-corrected chi connectivity index (χ4v) is 2.17. The zero-order valence-electron chi connectivity index (χ0n) is 10.5.